The van der Waals surface area contributed by atoms with Gasteiger partial charge in [0.1, 0.15) is 5.82 Å². The smallest absolute Gasteiger partial charge is 0.109 e. The zero-order chi connectivity index (χ0) is 12.3. The molecule has 0 bridgehead atoms. The van der Waals surface area contributed by atoms with Gasteiger partial charge in [-0.05, 0) is 32.7 Å². The fraction of sp³-hybridized carbons (Fsp3) is 0.769. The summed E-state index contributed by atoms with van der Waals surface area (Å²) in [6, 6.07) is 1.16. The molecule has 0 saturated heterocycles. The van der Waals surface area contributed by atoms with Crippen LogP contribution in [0, 0.1) is 0 Å². The van der Waals surface area contributed by atoms with Crippen molar-refractivity contribution >= 4 is 0 Å². The molecule has 2 rings (SSSR count). The van der Waals surface area contributed by atoms with Gasteiger partial charge < -0.3 is 15.2 Å². The van der Waals surface area contributed by atoms with Crippen LogP contribution in [0.25, 0.3) is 0 Å². The van der Waals surface area contributed by atoms with Gasteiger partial charge in [0.05, 0.1) is 0 Å². The minimum atomic E-state index is 0.439. The Morgan fingerprint density at radius 2 is 2.12 bits per heavy atom. The molecule has 96 valence electrons. The molecule has 0 unspecified atom stereocenters. The van der Waals surface area contributed by atoms with E-state index in [9.17, 15) is 0 Å². The first-order valence-electron chi connectivity index (χ1n) is 6.59. The zero-order valence-electron chi connectivity index (χ0n) is 11.0. The van der Waals surface area contributed by atoms with Crippen molar-refractivity contribution in [3.05, 3.63) is 18.2 Å². The fourth-order valence-electron chi connectivity index (χ4n) is 2.64. The van der Waals surface area contributed by atoms with Gasteiger partial charge in [-0.25, -0.2) is 4.98 Å². The predicted molar refractivity (Wildman–Crippen MR) is 69.8 cm³/mol. The normalized spacial score (nSPS) is 25.4. The lowest BCUT2D eigenvalue weighted by Gasteiger charge is -2.33. The monoisotopic (exact) mass is 236 g/mol. The van der Waals surface area contributed by atoms with Crippen LogP contribution in [0.15, 0.2) is 12.4 Å². The van der Waals surface area contributed by atoms with E-state index in [1.165, 1.54) is 31.5 Å². The maximum absolute atomic E-state index is 5.94. The lowest BCUT2D eigenvalue weighted by atomic mass is 9.91. The molecule has 0 aliphatic heterocycles. The summed E-state index contributed by atoms with van der Waals surface area (Å²) in [4.78, 5) is 6.83. The predicted octanol–water partition coefficient (Wildman–Crippen LogP) is 1.16. The van der Waals surface area contributed by atoms with Crippen molar-refractivity contribution in [2.45, 2.75) is 44.2 Å². The third-order valence-corrected chi connectivity index (χ3v) is 3.97. The van der Waals surface area contributed by atoms with Gasteiger partial charge in [0.2, 0.25) is 0 Å². The lowest BCUT2D eigenvalue weighted by Crippen LogP contribution is -2.39. The van der Waals surface area contributed by atoms with Crippen LogP contribution in [0.2, 0.25) is 0 Å². The second kappa shape index (κ2) is 5.65. The molecule has 0 radical (unpaired) electrons. The van der Waals surface area contributed by atoms with Gasteiger partial charge in [0, 0.05) is 44.5 Å². The van der Waals surface area contributed by atoms with Crippen LogP contribution in [0.3, 0.4) is 0 Å². The molecule has 17 heavy (non-hydrogen) atoms. The van der Waals surface area contributed by atoms with E-state index >= 15 is 0 Å². The summed E-state index contributed by atoms with van der Waals surface area (Å²) in [5.74, 6) is 1.17. The summed E-state index contributed by atoms with van der Waals surface area (Å²) >= 11 is 0. The Kier molecular flexibility index (Phi) is 4.18. The van der Waals surface area contributed by atoms with Gasteiger partial charge in [0.15, 0.2) is 0 Å². The molecule has 4 heteroatoms. The van der Waals surface area contributed by atoms with Gasteiger partial charge in [-0.2, -0.15) is 0 Å². The number of nitrogens with two attached hydrogens (primary N) is 1. The average Bonchev–Trinajstić information content (AvgIpc) is 2.73. The summed E-state index contributed by atoms with van der Waals surface area (Å²) < 4.78 is 2.10. The highest BCUT2D eigenvalue weighted by molar-refractivity contribution is 4.92. The van der Waals surface area contributed by atoms with E-state index in [0.717, 1.165) is 19.0 Å². The van der Waals surface area contributed by atoms with Crippen LogP contribution in [-0.4, -0.2) is 40.1 Å². The van der Waals surface area contributed by atoms with Crippen molar-refractivity contribution in [2.75, 3.05) is 13.6 Å². The first kappa shape index (κ1) is 12.6. The van der Waals surface area contributed by atoms with Crippen LogP contribution >= 0.6 is 0 Å². The van der Waals surface area contributed by atoms with Crippen molar-refractivity contribution < 1.29 is 0 Å². The molecule has 1 aromatic rings. The summed E-state index contributed by atoms with van der Waals surface area (Å²) in [6.45, 7) is 1.09. The van der Waals surface area contributed by atoms with E-state index in [2.05, 4.69) is 28.5 Å². The molecule has 2 N–H and O–H groups in total. The van der Waals surface area contributed by atoms with Crippen LogP contribution in [0.1, 0.15) is 31.5 Å². The molecule has 1 aromatic heterocycles. The number of nitrogens with zero attached hydrogens (tertiary/aromatic N) is 3. The van der Waals surface area contributed by atoms with E-state index in [0.29, 0.717) is 6.04 Å². The number of aryl methyl sites for hydroxylation is 1. The SMILES string of the molecule is CN(CCc1nccn1C)C1CCC(N)CC1. The van der Waals surface area contributed by atoms with Gasteiger partial charge in [0.25, 0.3) is 0 Å². The number of aromatic nitrogens is 2. The molecule has 1 fully saturated rings. The molecule has 0 aromatic carbocycles. The number of hydrogen-bond acceptors (Lipinski definition) is 3. The molecular formula is C13H24N4. The Morgan fingerprint density at radius 1 is 1.41 bits per heavy atom. The molecule has 4 nitrogen and oxygen atoms in total. The molecule has 1 heterocycles. The van der Waals surface area contributed by atoms with Crippen LogP contribution < -0.4 is 5.73 Å². The second-order valence-corrected chi connectivity index (χ2v) is 5.25. The molecular weight excluding hydrogens is 212 g/mol. The molecule has 0 amide bonds. The largest absolute Gasteiger partial charge is 0.338 e. The van der Waals surface area contributed by atoms with Gasteiger partial charge in [-0.15, -0.1) is 0 Å². The van der Waals surface area contributed by atoms with Crippen molar-refractivity contribution in [2.24, 2.45) is 12.8 Å². The van der Waals surface area contributed by atoms with Crippen molar-refractivity contribution in [3.8, 4) is 0 Å². The van der Waals surface area contributed by atoms with Crippen molar-refractivity contribution in [1.82, 2.24) is 14.5 Å². The minimum Gasteiger partial charge on any atom is -0.338 e. The second-order valence-electron chi connectivity index (χ2n) is 5.25. The van der Waals surface area contributed by atoms with Crippen LogP contribution in [0.5, 0.6) is 0 Å². The quantitative estimate of drug-likeness (QED) is 0.853. The van der Waals surface area contributed by atoms with Crippen LogP contribution in [-0.2, 0) is 13.5 Å². The summed E-state index contributed by atoms with van der Waals surface area (Å²) in [5.41, 5.74) is 5.94. The van der Waals surface area contributed by atoms with Gasteiger partial charge in [-0.3, -0.25) is 0 Å². The number of imidazole rings is 1. The van der Waals surface area contributed by atoms with E-state index in [1.807, 2.05) is 12.4 Å². The Bertz CT molecular complexity index is 339. The number of likely N-dealkylation sites (N-methyl/N-ethyl adjacent to an activating group) is 1. The highest BCUT2D eigenvalue weighted by Gasteiger charge is 2.21. The Morgan fingerprint density at radius 3 is 2.71 bits per heavy atom. The summed E-state index contributed by atoms with van der Waals surface area (Å²) in [5, 5.41) is 0. The van der Waals surface area contributed by atoms with Crippen molar-refractivity contribution in [3.63, 3.8) is 0 Å². The standard InChI is InChI=1S/C13H24N4/c1-16(12-5-3-11(14)4-6-12)9-7-13-15-8-10-17(13)2/h8,10-12H,3-7,9,14H2,1-2H3. The van der Waals surface area contributed by atoms with Crippen molar-refractivity contribution in [1.29, 1.82) is 0 Å². The first-order valence-corrected chi connectivity index (χ1v) is 6.59. The van der Waals surface area contributed by atoms with Gasteiger partial charge >= 0.3 is 0 Å². The Labute approximate surface area is 104 Å². The molecule has 1 aliphatic carbocycles. The third kappa shape index (κ3) is 3.30. The van der Waals surface area contributed by atoms with E-state index in [4.69, 9.17) is 5.73 Å². The Hall–Kier alpha value is -0.870. The molecule has 1 saturated carbocycles. The van der Waals surface area contributed by atoms with Crippen LogP contribution in [0.4, 0.5) is 0 Å². The lowest BCUT2D eigenvalue weighted by molar-refractivity contribution is 0.184. The first-order chi connectivity index (χ1) is 8.16. The highest BCUT2D eigenvalue weighted by atomic mass is 15.1. The average molecular weight is 236 g/mol. The maximum Gasteiger partial charge on any atom is 0.109 e. The van der Waals surface area contributed by atoms with Gasteiger partial charge in [-0.1, -0.05) is 0 Å². The molecule has 1 aliphatic rings. The summed E-state index contributed by atoms with van der Waals surface area (Å²) in [7, 11) is 4.28. The zero-order valence-corrected chi connectivity index (χ0v) is 11.0. The van der Waals surface area contributed by atoms with E-state index < -0.39 is 0 Å². The van der Waals surface area contributed by atoms with E-state index in [-0.39, 0.29) is 0 Å². The third-order valence-electron chi connectivity index (χ3n) is 3.97. The topological polar surface area (TPSA) is 47.1 Å². The fourth-order valence-corrected chi connectivity index (χ4v) is 2.64. The maximum atomic E-state index is 5.94. The molecule has 0 atom stereocenters. The minimum absolute atomic E-state index is 0.439. The number of rotatable bonds is 4. The summed E-state index contributed by atoms with van der Waals surface area (Å²) in [6.07, 6.45) is 9.76. The number of hydrogen-bond donors (Lipinski definition) is 1. The molecule has 0 spiro atoms. The van der Waals surface area contributed by atoms with E-state index in [1.54, 1.807) is 0 Å². The Balaban J connectivity index is 1.77. The highest BCUT2D eigenvalue weighted by Crippen LogP contribution is 2.21.